The molecule has 2 heterocycles. The number of halogens is 3. The Labute approximate surface area is 106 Å². The molecule has 0 radical (unpaired) electrons. The van der Waals surface area contributed by atoms with Gasteiger partial charge in [-0.15, -0.1) is 0 Å². The first-order chi connectivity index (χ1) is 8.99. The van der Waals surface area contributed by atoms with Crippen molar-refractivity contribution >= 4 is 11.5 Å². The van der Waals surface area contributed by atoms with Gasteiger partial charge in [0.2, 0.25) is 0 Å². The van der Waals surface area contributed by atoms with Gasteiger partial charge in [-0.1, -0.05) is 6.42 Å². The number of alkyl halides is 3. The molecule has 8 heteroatoms. The molecule has 0 unspecified atom stereocenters. The van der Waals surface area contributed by atoms with Crippen LogP contribution in [0.2, 0.25) is 0 Å². The molecule has 0 amide bonds. The summed E-state index contributed by atoms with van der Waals surface area (Å²) < 4.78 is 39.5. The molecule has 1 saturated carbocycles. The highest BCUT2D eigenvalue weighted by atomic mass is 19.4. The lowest BCUT2D eigenvalue weighted by atomic mass is 9.83. The van der Waals surface area contributed by atoms with Crippen LogP contribution in [0.15, 0.2) is 12.1 Å². The monoisotopic (exact) mass is 271 g/mol. The van der Waals surface area contributed by atoms with Crippen LogP contribution in [0, 0.1) is 0 Å². The van der Waals surface area contributed by atoms with Crippen LogP contribution in [0.25, 0.3) is 5.65 Å². The van der Waals surface area contributed by atoms with Gasteiger partial charge in [0.1, 0.15) is 5.82 Å². The maximum Gasteiger partial charge on any atom is 0.433 e. The third-order valence-electron chi connectivity index (χ3n) is 3.41. The second-order valence-electron chi connectivity index (χ2n) is 4.64. The highest BCUT2D eigenvalue weighted by Crippen LogP contribution is 2.36. The predicted octanol–water partition coefficient (Wildman–Crippen LogP) is 2.30. The highest BCUT2D eigenvalue weighted by molar-refractivity contribution is 5.51. The fourth-order valence-corrected chi connectivity index (χ4v) is 2.14. The number of nitrogens with zero attached hydrogens (tertiary/aromatic N) is 3. The van der Waals surface area contributed by atoms with Crippen molar-refractivity contribution in [3.05, 3.63) is 23.5 Å². The molecule has 2 aromatic rings. The second-order valence-corrected chi connectivity index (χ2v) is 4.64. The summed E-state index contributed by atoms with van der Waals surface area (Å²) >= 11 is 0. The van der Waals surface area contributed by atoms with Gasteiger partial charge in [-0.05, 0) is 12.8 Å². The summed E-state index contributed by atoms with van der Waals surface area (Å²) in [6.45, 7) is 0. The number of hydrogen-bond acceptors (Lipinski definition) is 4. The standard InChI is InChI=1S/C11H12F3N5/c12-11(13,14)8-5-10(17-15)19-9(16-8)4-7(18-19)6-2-1-3-6/h4-6,17H,1-3,15H2. The van der Waals surface area contributed by atoms with Gasteiger partial charge < -0.3 is 5.43 Å². The molecule has 0 atom stereocenters. The van der Waals surface area contributed by atoms with Gasteiger partial charge in [0.25, 0.3) is 0 Å². The van der Waals surface area contributed by atoms with Crippen LogP contribution in [0.1, 0.15) is 36.6 Å². The topological polar surface area (TPSA) is 68.2 Å². The Morgan fingerprint density at radius 3 is 2.58 bits per heavy atom. The van der Waals surface area contributed by atoms with Crippen molar-refractivity contribution in [2.45, 2.75) is 31.4 Å². The number of anilines is 1. The summed E-state index contributed by atoms with van der Waals surface area (Å²) in [6, 6.07) is 2.45. The molecule has 0 aliphatic heterocycles. The highest BCUT2D eigenvalue weighted by Gasteiger charge is 2.34. The predicted molar refractivity (Wildman–Crippen MR) is 62.4 cm³/mol. The van der Waals surface area contributed by atoms with Crippen LogP contribution in [0.3, 0.4) is 0 Å². The quantitative estimate of drug-likeness (QED) is 0.649. The molecule has 0 spiro atoms. The van der Waals surface area contributed by atoms with Crippen molar-refractivity contribution in [3.8, 4) is 0 Å². The fraction of sp³-hybridized carbons (Fsp3) is 0.455. The second kappa shape index (κ2) is 4.09. The molecule has 0 bridgehead atoms. The van der Waals surface area contributed by atoms with Crippen LogP contribution in [0.4, 0.5) is 19.0 Å². The van der Waals surface area contributed by atoms with Crippen LogP contribution in [-0.2, 0) is 6.18 Å². The number of fused-ring (bicyclic) bond motifs is 1. The summed E-state index contributed by atoms with van der Waals surface area (Å²) in [6.07, 6.45) is -1.35. The van der Waals surface area contributed by atoms with Gasteiger partial charge in [-0.2, -0.15) is 22.8 Å². The molecule has 3 rings (SSSR count). The van der Waals surface area contributed by atoms with Crippen molar-refractivity contribution < 1.29 is 13.2 Å². The van der Waals surface area contributed by atoms with Crippen molar-refractivity contribution in [1.82, 2.24) is 14.6 Å². The minimum Gasteiger partial charge on any atom is -0.308 e. The van der Waals surface area contributed by atoms with Gasteiger partial charge >= 0.3 is 6.18 Å². The molecule has 102 valence electrons. The largest absolute Gasteiger partial charge is 0.433 e. The van der Waals surface area contributed by atoms with Crippen molar-refractivity contribution in [2.24, 2.45) is 5.84 Å². The summed E-state index contributed by atoms with van der Waals surface area (Å²) in [4.78, 5) is 3.60. The smallest absolute Gasteiger partial charge is 0.308 e. The third kappa shape index (κ3) is 2.01. The molecule has 1 aliphatic carbocycles. The molecule has 1 fully saturated rings. The van der Waals surface area contributed by atoms with Crippen LogP contribution < -0.4 is 11.3 Å². The van der Waals surface area contributed by atoms with Gasteiger partial charge in [0.15, 0.2) is 11.3 Å². The Morgan fingerprint density at radius 2 is 2.05 bits per heavy atom. The number of hydrazine groups is 1. The van der Waals surface area contributed by atoms with Crippen molar-refractivity contribution in [1.29, 1.82) is 0 Å². The van der Waals surface area contributed by atoms with E-state index in [1.54, 1.807) is 6.07 Å². The Balaban J connectivity index is 2.14. The summed E-state index contributed by atoms with van der Waals surface area (Å²) in [5.74, 6) is 5.65. The molecule has 3 N–H and O–H groups in total. The fourth-order valence-electron chi connectivity index (χ4n) is 2.14. The molecule has 19 heavy (non-hydrogen) atoms. The minimum atomic E-state index is -4.51. The summed E-state index contributed by atoms with van der Waals surface area (Å²) in [5.41, 5.74) is 2.18. The van der Waals surface area contributed by atoms with Crippen molar-refractivity contribution in [3.63, 3.8) is 0 Å². The van der Waals surface area contributed by atoms with Gasteiger partial charge in [0, 0.05) is 18.1 Å². The maximum absolute atomic E-state index is 12.7. The number of aromatic nitrogens is 3. The molecular formula is C11H12F3N5. The lowest BCUT2D eigenvalue weighted by Gasteiger charge is -2.22. The van der Waals surface area contributed by atoms with E-state index in [-0.39, 0.29) is 11.5 Å². The average Bonchev–Trinajstić information content (AvgIpc) is 2.66. The number of nitrogen functional groups attached to an aromatic ring is 1. The van der Waals surface area contributed by atoms with E-state index < -0.39 is 11.9 Å². The molecule has 1 aliphatic rings. The van der Waals surface area contributed by atoms with E-state index in [1.165, 1.54) is 4.52 Å². The van der Waals surface area contributed by atoms with Crippen LogP contribution >= 0.6 is 0 Å². The first-order valence-corrected chi connectivity index (χ1v) is 5.93. The average molecular weight is 271 g/mol. The maximum atomic E-state index is 12.7. The van der Waals surface area contributed by atoms with E-state index >= 15 is 0 Å². The number of nitrogens with two attached hydrogens (primary N) is 1. The molecule has 5 nitrogen and oxygen atoms in total. The Morgan fingerprint density at radius 1 is 1.32 bits per heavy atom. The molecular weight excluding hydrogens is 259 g/mol. The first-order valence-electron chi connectivity index (χ1n) is 5.93. The molecule has 0 saturated heterocycles. The minimum absolute atomic E-state index is 0.0721. The van der Waals surface area contributed by atoms with E-state index in [1.807, 2.05) is 0 Å². The van der Waals surface area contributed by atoms with Gasteiger partial charge in [-0.3, -0.25) is 0 Å². The van der Waals surface area contributed by atoms with E-state index in [0.29, 0.717) is 5.92 Å². The van der Waals surface area contributed by atoms with E-state index in [0.717, 1.165) is 31.0 Å². The summed E-state index contributed by atoms with van der Waals surface area (Å²) in [5, 5.41) is 4.27. The van der Waals surface area contributed by atoms with Gasteiger partial charge in [-0.25, -0.2) is 10.8 Å². The van der Waals surface area contributed by atoms with E-state index in [2.05, 4.69) is 15.5 Å². The van der Waals surface area contributed by atoms with Crippen LogP contribution in [0.5, 0.6) is 0 Å². The number of nitrogens with one attached hydrogen (secondary N) is 1. The lowest BCUT2D eigenvalue weighted by molar-refractivity contribution is -0.141. The lowest BCUT2D eigenvalue weighted by Crippen LogP contribution is -2.16. The zero-order chi connectivity index (χ0) is 13.6. The molecule has 0 aromatic carbocycles. The Hall–Kier alpha value is -1.83. The number of rotatable bonds is 2. The Kier molecular flexibility index (Phi) is 2.63. The zero-order valence-electron chi connectivity index (χ0n) is 9.91. The summed E-state index contributed by atoms with van der Waals surface area (Å²) in [7, 11) is 0. The first kappa shape index (κ1) is 12.2. The van der Waals surface area contributed by atoms with Crippen molar-refractivity contribution in [2.75, 3.05) is 5.43 Å². The third-order valence-corrected chi connectivity index (χ3v) is 3.41. The normalized spacial score (nSPS) is 16.6. The van der Waals surface area contributed by atoms with Crippen LogP contribution in [-0.4, -0.2) is 14.6 Å². The zero-order valence-corrected chi connectivity index (χ0v) is 9.91. The SMILES string of the molecule is NNc1cc(C(F)(F)F)nc2cc(C3CCC3)nn12. The van der Waals surface area contributed by atoms with Gasteiger partial charge in [0.05, 0.1) is 5.69 Å². The van der Waals surface area contributed by atoms with E-state index in [4.69, 9.17) is 5.84 Å². The Bertz CT molecular complexity index is 615. The molecule has 2 aromatic heterocycles. The number of hydrogen-bond donors (Lipinski definition) is 2. The van der Waals surface area contributed by atoms with E-state index in [9.17, 15) is 13.2 Å².